The van der Waals surface area contributed by atoms with Crippen molar-refractivity contribution in [2.24, 2.45) is 0 Å². The van der Waals surface area contributed by atoms with Gasteiger partial charge in [0.05, 0.1) is 11.7 Å². The average Bonchev–Trinajstić information content (AvgIpc) is 2.83. The van der Waals surface area contributed by atoms with Gasteiger partial charge in [-0.3, -0.25) is 0 Å². The number of benzene rings is 1. The monoisotopic (exact) mass is 244 g/mol. The van der Waals surface area contributed by atoms with Crippen LogP contribution in [-0.4, -0.2) is 12.0 Å². The van der Waals surface area contributed by atoms with Gasteiger partial charge >= 0.3 is 0 Å². The minimum absolute atomic E-state index is 0.451. The van der Waals surface area contributed by atoms with Gasteiger partial charge in [0.15, 0.2) is 0 Å². The van der Waals surface area contributed by atoms with E-state index >= 15 is 0 Å². The van der Waals surface area contributed by atoms with E-state index in [1.54, 1.807) is 0 Å². The Morgan fingerprint density at radius 2 is 2.12 bits per heavy atom. The van der Waals surface area contributed by atoms with Crippen LogP contribution in [0, 0.1) is 0 Å². The topological polar surface area (TPSA) is 24.9 Å². The van der Waals surface area contributed by atoms with Gasteiger partial charge in [0.25, 0.3) is 0 Å². The first kappa shape index (κ1) is 10.9. The molecule has 0 bridgehead atoms. The molecule has 0 fully saturated rings. The SMILES string of the molecule is CNC1CCCc2sc(-c3ccccc3)nc21. The summed E-state index contributed by atoms with van der Waals surface area (Å²) in [4.78, 5) is 6.30. The highest BCUT2D eigenvalue weighted by Crippen LogP contribution is 2.36. The van der Waals surface area contributed by atoms with Crippen LogP contribution in [-0.2, 0) is 6.42 Å². The Morgan fingerprint density at radius 3 is 2.88 bits per heavy atom. The molecule has 1 aromatic carbocycles. The van der Waals surface area contributed by atoms with Crippen molar-refractivity contribution in [1.82, 2.24) is 10.3 Å². The van der Waals surface area contributed by atoms with Crippen molar-refractivity contribution in [2.45, 2.75) is 25.3 Å². The van der Waals surface area contributed by atoms with Crippen LogP contribution in [0.3, 0.4) is 0 Å². The van der Waals surface area contributed by atoms with Crippen molar-refractivity contribution >= 4 is 11.3 Å². The van der Waals surface area contributed by atoms with E-state index in [2.05, 4.69) is 29.6 Å². The molecule has 0 amide bonds. The van der Waals surface area contributed by atoms with Gasteiger partial charge in [-0.25, -0.2) is 4.98 Å². The molecule has 0 aliphatic heterocycles. The molecule has 2 nitrogen and oxygen atoms in total. The Morgan fingerprint density at radius 1 is 1.29 bits per heavy atom. The van der Waals surface area contributed by atoms with E-state index in [-0.39, 0.29) is 0 Å². The summed E-state index contributed by atoms with van der Waals surface area (Å²) < 4.78 is 0. The molecular formula is C14H16N2S. The zero-order chi connectivity index (χ0) is 11.7. The Balaban J connectivity index is 2.02. The van der Waals surface area contributed by atoms with Gasteiger partial charge in [0, 0.05) is 10.4 Å². The summed E-state index contributed by atoms with van der Waals surface area (Å²) in [5.41, 5.74) is 2.52. The van der Waals surface area contributed by atoms with Gasteiger partial charge in [-0.15, -0.1) is 11.3 Å². The summed E-state index contributed by atoms with van der Waals surface area (Å²) >= 11 is 1.86. The van der Waals surface area contributed by atoms with Crippen LogP contribution >= 0.6 is 11.3 Å². The van der Waals surface area contributed by atoms with E-state index in [1.807, 2.05) is 24.5 Å². The second kappa shape index (κ2) is 4.59. The first-order valence-electron chi connectivity index (χ1n) is 6.11. The largest absolute Gasteiger partial charge is 0.312 e. The number of rotatable bonds is 2. The highest BCUT2D eigenvalue weighted by Gasteiger charge is 2.23. The maximum absolute atomic E-state index is 4.83. The fourth-order valence-electron chi connectivity index (χ4n) is 2.40. The summed E-state index contributed by atoms with van der Waals surface area (Å²) in [6.07, 6.45) is 3.68. The molecule has 3 rings (SSSR count). The van der Waals surface area contributed by atoms with Crippen LogP contribution in [0.25, 0.3) is 10.6 Å². The van der Waals surface area contributed by atoms with Crippen LogP contribution < -0.4 is 5.32 Å². The molecule has 2 aromatic rings. The van der Waals surface area contributed by atoms with E-state index in [9.17, 15) is 0 Å². The average molecular weight is 244 g/mol. The van der Waals surface area contributed by atoms with Crippen LogP contribution in [0.1, 0.15) is 29.5 Å². The molecule has 1 aromatic heterocycles. The molecule has 1 heterocycles. The van der Waals surface area contributed by atoms with E-state index in [1.165, 1.54) is 35.4 Å². The van der Waals surface area contributed by atoms with Gasteiger partial charge < -0.3 is 5.32 Å². The molecule has 0 saturated heterocycles. The lowest BCUT2D eigenvalue weighted by Gasteiger charge is -2.19. The third-order valence-corrected chi connectivity index (χ3v) is 4.50. The van der Waals surface area contributed by atoms with E-state index in [0.29, 0.717) is 6.04 Å². The van der Waals surface area contributed by atoms with Crippen molar-refractivity contribution in [3.8, 4) is 10.6 Å². The van der Waals surface area contributed by atoms with Gasteiger partial charge in [-0.2, -0.15) is 0 Å². The van der Waals surface area contributed by atoms with Crippen molar-refractivity contribution in [3.63, 3.8) is 0 Å². The third-order valence-electron chi connectivity index (χ3n) is 3.32. The summed E-state index contributed by atoms with van der Waals surface area (Å²) in [6.45, 7) is 0. The highest BCUT2D eigenvalue weighted by atomic mass is 32.1. The predicted molar refractivity (Wildman–Crippen MR) is 72.3 cm³/mol. The molecular weight excluding hydrogens is 228 g/mol. The number of aryl methyl sites for hydroxylation is 1. The van der Waals surface area contributed by atoms with Crippen molar-refractivity contribution in [1.29, 1.82) is 0 Å². The molecule has 0 radical (unpaired) electrons. The zero-order valence-corrected chi connectivity index (χ0v) is 10.8. The lowest BCUT2D eigenvalue weighted by atomic mass is 9.98. The maximum Gasteiger partial charge on any atom is 0.123 e. The van der Waals surface area contributed by atoms with Gasteiger partial charge in [0.2, 0.25) is 0 Å². The normalized spacial score (nSPS) is 19.0. The second-order valence-electron chi connectivity index (χ2n) is 4.43. The quantitative estimate of drug-likeness (QED) is 0.875. The lowest BCUT2D eigenvalue weighted by Crippen LogP contribution is -2.21. The molecule has 1 N–H and O–H groups in total. The van der Waals surface area contributed by atoms with Crippen molar-refractivity contribution in [2.75, 3.05) is 7.05 Å². The summed E-state index contributed by atoms with van der Waals surface area (Å²) in [5.74, 6) is 0. The number of nitrogens with zero attached hydrogens (tertiary/aromatic N) is 1. The Labute approximate surface area is 106 Å². The summed E-state index contributed by atoms with van der Waals surface area (Å²) in [7, 11) is 2.03. The van der Waals surface area contributed by atoms with Gasteiger partial charge in [-0.05, 0) is 26.3 Å². The van der Waals surface area contributed by atoms with Crippen LogP contribution in [0.15, 0.2) is 30.3 Å². The number of hydrogen-bond donors (Lipinski definition) is 1. The molecule has 1 atom stereocenters. The molecule has 0 spiro atoms. The lowest BCUT2D eigenvalue weighted by molar-refractivity contribution is 0.490. The second-order valence-corrected chi connectivity index (χ2v) is 5.51. The maximum atomic E-state index is 4.83. The van der Waals surface area contributed by atoms with Crippen molar-refractivity contribution < 1.29 is 0 Å². The molecule has 1 aliphatic carbocycles. The Bertz CT molecular complexity index is 504. The molecule has 0 saturated carbocycles. The summed E-state index contributed by atoms with van der Waals surface area (Å²) in [6, 6.07) is 10.9. The fraction of sp³-hybridized carbons (Fsp3) is 0.357. The standard InChI is InChI=1S/C14H16N2S/c1-15-11-8-5-9-12-13(11)16-14(17-12)10-6-3-2-4-7-10/h2-4,6-7,11,15H,5,8-9H2,1H3. The third kappa shape index (κ3) is 2.01. The van der Waals surface area contributed by atoms with E-state index in [0.717, 1.165) is 5.01 Å². The minimum atomic E-state index is 0.451. The van der Waals surface area contributed by atoms with Crippen LogP contribution in [0.2, 0.25) is 0 Å². The fourth-order valence-corrected chi connectivity index (χ4v) is 3.57. The Kier molecular flexibility index (Phi) is 2.95. The first-order chi connectivity index (χ1) is 8.38. The van der Waals surface area contributed by atoms with E-state index in [4.69, 9.17) is 4.98 Å². The number of fused-ring (bicyclic) bond motifs is 1. The van der Waals surface area contributed by atoms with Gasteiger partial charge in [-0.1, -0.05) is 30.3 Å². The number of thiazole rings is 1. The molecule has 17 heavy (non-hydrogen) atoms. The molecule has 3 heteroatoms. The number of hydrogen-bond acceptors (Lipinski definition) is 3. The van der Waals surface area contributed by atoms with Gasteiger partial charge in [0.1, 0.15) is 5.01 Å². The number of aromatic nitrogens is 1. The van der Waals surface area contributed by atoms with Crippen LogP contribution in [0.5, 0.6) is 0 Å². The Hall–Kier alpha value is -1.19. The van der Waals surface area contributed by atoms with E-state index < -0.39 is 0 Å². The predicted octanol–water partition coefficient (Wildman–Crippen LogP) is 3.41. The minimum Gasteiger partial charge on any atom is -0.312 e. The smallest absolute Gasteiger partial charge is 0.123 e. The summed E-state index contributed by atoms with van der Waals surface area (Å²) in [5, 5.41) is 4.53. The van der Waals surface area contributed by atoms with Crippen molar-refractivity contribution in [3.05, 3.63) is 40.9 Å². The molecule has 1 unspecified atom stereocenters. The zero-order valence-electron chi connectivity index (χ0n) is 9.94. The number of nitrogens with one attached hydrogen (secondary N) is 1. The first-order valence-corrected chi connectivity index (χ1v) is 6.92. The molecule has 88 valence electrons. The highest BCUT2D eigenvalue weighted by molar-refractivity contribution is 7.15. The molecule has 1 aliphatic rings. The van der Waals surface area contributed by atoms with Crippen LogP contribution in [0.4, 0.5) is 0 Å².